The molecule has 36 heavy (non-hydrogen) atoms. The Morgan fingerprint density at radius 2 is 1.69 bits per heavy atom. The Morgan fingerprint density at radius 3 is 2.39 bits per heavy atom. The molecule has 0 aliphatic rings. The first-order valence-corrected chi connectivity index (χ1v) is 12.0. The van der Waals surface area contributed by atoms with Crippen molar-refractivity contribution in [3.05, 3.63) is 75.4 Å². The lowest BCUT2D eigenvalue weighted by Gasteiger charge is -2.14. The first-order chi connectivity index (χ1) is 17.4. The number of ether oxygens (including phenoxy) is 4. The van der Waals surface area contributed by atoms with E-state index in [9.17, 15) is 9.59 Å². The summed E-state index contributed by atoms with van der Waals surface area (Å²) < 4.78 is 22.6. The molecule has 3 aromatic carbocycles. The number of benzene rings is 3. The first-order valence-electron chi connectivity index (χ1n) is 10.9. The summed E-state index contributed by atoms with van der Waals surface area (Å²) in [4.78, 5) is 24.7. The van der Waals surface area contributed by atoms with Crippen molar-refractivity contribution >= 4 is 46.3 Å². The second-order valence-electron chi connectivity index (χ2n) is 7.23. The Labute approximate surface area is 222 Å². The van der Waals surface area contributed by atoms with Crippen LogP contribution in [-0.4, -0.2) is 45.5 Å². The quantitative estimate of drug-likeness (QED) is 0.190. The normalized spacial score (nSPS) is 10.6. The number of anilines is 1. The maximum absolute atomic E-state index is 12.5. The van der Waals surface area contributed by atoms with E-state index in [-0.39, 0.29) is 12.5 Å². The van der Waals surface area contributed by atoms with E-state index < -0.39 is 5.91 Å². The molecule has 0 fully saturated rings. The Kier molecular flexibility index (Phi) is 9.92. The molecule has 10 heteroatoms. The zero-order valence-electron chi connectivity index (χ0n) is 20.0. The maximum atomic E-state index is 12.5. The number of rotatable bonds is 11. The molecule has 0 unspecified atom stereocenters. The highest BCUT2D eigenvalue weighted by molar-refractivity contribution is 14.1. The number of carbonyl (C=O) groups excluding carboxylic acids is 2. The fourth-order valence-corrected chi connectivity index (χ4v) is 3.91. The van der Waals surface area contributed by atoms with Gasteiger partial charge in [0.25, 0.3) is 11.8 Å². The molecule has 0 saturated carbocycles. The maximum Gasteiger partial charge on any atom is 0.271 e. The molecule has 3 aromatic rings. The van der Waals surface area contributed by atoms with E-state index in [0.717, 1.165) is 3.57 Å². The number of nitrogens with one attached hydrogen (secondary N) is 2. The predicted molar refractivity (Wildman–Crippen MR) is 146 cm³/mol. The molecular weight excluding hydrogens is 577 g/mol. The number of halogens is 1. The molecular formula is C26H26IN3O6. The van der Waals surface area contributed by atoms with Crippen molar-refractivity contribution in [2.75, 3.05) is 32.8 Å². The van der Waals surface area contributed by atoms with Crippen molar-refractivity contribution < 1.29 is 28.5 Å². The van der Waals surface area contributed by atoms with Crippen molar-refractivity contribution in [3.63, 3.8) is 0 Å². The third kappa shape index (κ3) is 7.35. The van der Waals surface area contributed by atoms with Crippen molar-refractivity contribution in [2.24, 2.45) is 5.10 Å². The van der Waals surface area contributed by atoms with Gasteiger partial charge in [0.15, 0.2) is 29.6 Å². The molecule has 0 spiro atoms. The van der Waals surface area contributed by atoms with Crippen LogP contribution in [0.4, 0.5) is 5.69 Å². The van der Waals surface area contributed by atoms with Crippen LogP contribution in [0.15, 0.2) is 65.8 Å². The molecule has 0 radical (unpaired) electrons. The highest BCUT2D eigenvalue weighted by Crippen LogP contribution is 2.34. The Hall–Kier alpha value is -3.80. The van der Waals surface area contributed by atoms with Gasteiger partial charge in [-0.2, -0.15) is 5.10 Å². The van der Waals surface area contributed by atoms with Gasteiger partial charge in [0.05, 0.1) is 30.6 Å². The minimum absolute atomic E-state index is 0.181. The topological polar surface area (TPSA) is 107 Å². The number of hydrogen-bond donors (Lipinski definition) is 2. The van der Waals surface area contributed by atoms with E-state index in [0.29, 0.717) is 46.4 Å². The zero-order chi connectivity index (χ0) is 25.9. The second-order valence-corrected chi connectivity index (χ2v) is 8.40. The lowest BCUT2D eigenvalue weighted by molar-refractivity contribution is -0.118. The third-order valence-electron chi connectivity index (χ3n) is 4.76. The molecule has 0 atom stereocenters. The van der Waals surface area contributed by atoms with Gasteiger partial charge in [-0.3, -0.25) is 9.59 Å². The van der Waals surface area contributed by atoms with Gasteiger partial charge in [-0.05, 0) is 77.5 Å². The van der Waals surface area contributed by atoms with Crippen LogP contribution in [0.5, 0.6) is 23.0 Å². The SMILES string of the molecule is CCOc1cc(/C=N/NC(=O)c2ccc(OC)c(OC)c2)cc(I)c1OCC(=O)Nc1ccccc1. The van der Waals surface area contributed by atoms with Gasteiger partial charge < -0.3 is 24.3 Å². The molecule has 0 aliphatic heterocycles. The molecule has 2 amide bonds. The van der Waals surface area contributed by atoms with Crippen LogP contribution in [0.3, 0.4) is 0 Å². The van der Waals surface area contributed by atoms with Crippen molar-refractivity contribution in [1.82, 2.24) is 5.43 Å². The van der Waals surface area contributed by atoms with Crippen molar-refractivity contribution in [3.8, 4) is 23.0 Å². The highest BCUT2D eigenvalue weighted by atomic mass is 127. The van der Waals surface area contributed by atoms with Gasteiger partial charge in [-0.1, -0.05) is 18.2 Å². The van der Waals surface area contributed by atoms with Crippen molar-refractivity contribution in [1.29, 1.82) is 0 Å². The largest absolute Gasteiger partial charge is 0.493 e. The highest BCUT2D eigenvalue weighted by Gasteiger charge is 2.14. The lowest BCUT2D eigenvalue weighted by Crippen LogP contribution is -2.20. The summed E-state index contributed by atoms with van der Waals surface area (Å²) in [6, 6.07) is 17.5. The number of hydrazone groups is 1. The van der Waals surface area contributed by atoms with Gasteiger partial charge in [-0.15, -0.1) is 0 Å². The number of hydrogen-bond acceptors (Lipinski definition) is 7. The third-order valence-corrected chi connectivity index (χ3v) is 5.56. The average Bonchev–Trinajstić information content (AvgIpc) is 2.88. The number of carbonyl (C=O) groups is 2. The van der Waals surface area contributed by atoms with Gasteiger partial charge in [0.1, 0.15) is 0 Å². The van der Waals surface area contributed by atoms with Crippen LogP contribution in [-0.2, 0) is 4.79 Å². The Morgan fingerprint density at radius 1 is 0.944 bits per heavy atom. The Balaban J connectivity index is 1.67. The summed E-state index contributed by atoms with van der Waals surface area (Å²) in [5.41, 5.74) is 4.22. The summed E-state index contributed by atoms with van der Waals surface area (Å²) in [5.74, 6) is 1.18. The number of para-hydroxylation sites is 1. The zero-order valence-corrected chi connectivity index (χ0v) is 22.2. The van der Waals surface area contributed by atoms with Crippen molar-refractivity contribution in [2.45, 2.75) is 6.92 Å². The molecule has 0 saturated heterocycles. The van der Waals surface area contributed by atoms with Gasteiger partial charge >= 0.3 is 0 Å². The number of methoxy groups -OCH3 is 2. The first kappa shape index (κ1) is 26.8. The van der Waals surface area contributed by atoms with E-state index in [1.165, 1.54) is 20.4 Å². The second kappa shape index (κ2) is 13.3. The van der Waals surface area contributed by atoms with E-state index in [4.69, 9.17) is 18.9 Å². The fourth-order valence-electron chi connectivity index (χ4n) is 3.13. The summed E-state index contributed by atoms with van der Waals surface area (Å²) >= 11 is 2.10. The Bertz CT molecular complexity index is 1230. The molecule has 188 valence electrons. The minimum atomic E-state index is -0.406. The molecule has 0 aliphatic carbocycles. The van der Waals surface area contributed by atoms with E-state index in [2.05, 4.69) is 38.4 Å². The van der Waals surface area contributed by atoms with Crippen LogP contribution in [0, 0.1) is 3.57 Å². The number of amides is 2. The minimum Gasteiger partial charge on any atom is -0.493 e. The predicted octanol–water partition coefficient (Wildman–Crippen LogP) is 4.49. The molecule has 2 N–H and O–H groups in total. The smallest absolute Gasteiger partial charge is 0.271 e. The average molecular weight is 603 g/mol. The van der Waals surface area contributed by atoms with E-state index in [1.54, 1.807) is 42.5 Å². The van der Waals surface area contributed by atoms with Gasteiger partial charge in [0, 0.05) is 11.3 Å². The molecule has 9 nitrogen and oxygen atoms in total. The fraction of sp³-hybridized carbons (Fsp3) is 0.192. The van der Waals surface area contributed by atoms with Gasteiger partial charge in [-0.25, -0.2) is 5.43 Å². The molecule has 0 aromatic heterocycles. The lowest BCUT2D eigenvalue weighted by atomic mass is 10.2. The summed E-state index contributed by atoms with van der Waals surface area (Å²) in [6.45, 7) is 2.07. The summed E-state index contributed by atoms with van der Waals surface area (Å²) in [6.07, 6.45) is 1.50. The number of nitrogens with zero attached hydrogens (tertiary/aromatic N) is 1. The van der Waals surface area contributed by atoms with Crippen LogP contribution in [0.2, 0.25) is 0 Å². The molecule has 0 bridgehead atoms. The summed E-state index contributed by atoms with van der Waals surface area (Å²) in [5, 5.41) is 6.83. The van der Waals surface area contributed by atoms with Crippen LogP contribution >= 0.6 is 22.6 Å². The summed E-state index contributed by atoms with van der Waals surface area (Å²) in [7, 11) is 3.02. The van der Waals surface area contributed by atoms with Gasteiger partial charge in [0.2, 0.25) is 0 Å². The monoisotopic (exact) mass is 603 g/mol. The van der Waals surface area contributed by atoms with Crippen LogP contribution in [0.25, 0.3) is 0 Å². The van der Waals surface area contributed by atoms with E-state index in [1.807, 2.05) is 25.1 Å². The van der Waals surface area contributed by atoms with E-state index >= 15 is 0 Å². The van der Waals surface area contributed by atoms with Crippen LogP contribution in [0.1, 0.15) is 22.8 Å². The van der Waals surface area contributed by atoms with Crippen LogP contribution < -0.4 is 29.7 Å². The standard InChI is InChI=1S/C26H26IN3O6/c1-4-35-23-13-17(15-28-30-26(32)18-10-11-21(33-2)22(14-18)34-3)12-20(27)25(23)36-16-24(31)29-19-8-6-5-7-9-19/h5-15H,4,16H2,1-3H3,(H,29,31)(H,30,32)/b28-15+. The molecule has 0 heterocycles. The molecule has 3 rings (SSSR count).